The van der Waals surface area contributed by atoms with Crippen molar-refractivity contribution in [1.29, 1.82) is 0 Å². The van der Waals surface area contributed by atoms with E-state index in [1.807, 2.05) is 0 Å². The standard InChI is InChI=1S/C9H4Cl5NO2/c1-15-7-5(11)2(8(13)16)4(10)3(6(7)12)9(14)17/h15H,1H3. The molecule has 8 heteroatoms. The highest BCUT2D eigenvalue weighted by Crippen LogP contribution is 2.42. The molecular formula is C9H4Cl5NO2. The molecule has 1 rings (SSSR count). The summed E-state index contributed by atoms with van der Waals surface area (Å²) in [5.74, 6) is 0. The van der Waals surface area contributed by atoms with E-state index in [2.05, 4.69) is 5.32 Å². The molecule has 1 aromatic carbocycles. The van der Waals surface area contributed by atoms with E-state index in [0.717, 1.165) is 0 Å². The molecular weight excluding hydrogens is 331 g/mol. The number of anilines is 1. The van der Waals surface area contributed by atoms with Gasteiger partial charge in [-0.25, -0.2) is 0 Å². The zero-order valence-corrected chi connectivity index (χ0v) is 12.0. The van der Waals surface area contributed by atoms with E-state index in [4.69, 9.17) is 58.0 Å². The summed E-state index contributed by atoms with van der Waals surface area (Å²) < 4.78 is 0. The molecule has 0 fully saturated rings. The molecule has 0 aromatic heterocycles. The van der Waals surface area contributed by atoms with Gasteiger partial charge >= 0.3 is 0 Å². The number of carbonyl (C=O) groups excluding carboxylic acids is 2. The molecule has 1 N–H and O–H groups in total. The molecule has 0 spiro atoms. The van der Waals surface area contributed by atoms with Crippen LogP contribution in [-0.2, 0) is 0 Å². The van der Waals surface area contributed by atoms with E-state index in [1.165, 1.54) is 7.05 Å². The van der Waals surface area contributed by atoms with Crippen LogP contribution in [0.2, 0.25) is 15.1 Å². The van der Waals surface area contributed by atoms with Gasteiger partial charge in [0.2, 0.25) is 0 Å². The lowest BCUT2D eigenvalue weighted by Gasteiger charge is -2.14. The van der Waals surface area contributed by atoms with Gasteiger partial charge in [-0.2, -0.15) is 0 Å². The monoisotopic (exact) mass is 333 g/mol. The largest absolute Gasteiger partial charge is 0.386 e. The van der Waals surface area contributed by atoms with Gasteiger partial charge in [-0.1, -0.05) is 34.8 Å². The maximum atomic E-state index is 11.2. The molecule has 17 heavy (non-hydrogen) atoms. The lowest BCUT2D eigenvalue weighted by atomic mass is 10.1. The Bertz CT molecular complexity index is 474. The Hall–Kier alpha value is -0.190. The lowest BCUT2D eigenvalue weighted by molar-refractivity contribution is 0.108. The summed E-state index contributed by atoms with van der Waals surface area (Å²) in [6, 6.07) is 0. The van der Waals surface area contributed by atoms with Crippen LogP contribution in [0.1, 0.15) is 20.7 Å². The van der Waals surface area contributed by atoms with Crippen molar-refractivity contribution in [2.75, 3.05) is 12.4 Å². The Kier molecular flexibility index (Phi) is 4.93. The van der Waals surface area contributed by atoms with Crippen LogP contribution in [0, 0.1) is 0 Å². The van der Waals surface area contributed by atoms with Gasteiger partial charge < -0.3 is 5.32 Å². The second-order valence-corrected chi connectivity index (χ2v) is 4.68. The summed E-state index contributed by atoms with van der Waals surface area (Å²) in [5.41, 5.74) is -0.272. The van der Waals surface area contributed by atoms with Crippen molar-refractivity contribution in [3.63, 3.8) is 0 Å². The molecule has 0 saturated carbocycles. The van der Waals surface area contributed by atoms with E-state index in [-0.39, 0.29) is 31.9 Å². The zero-order chi connectivity index (χ0) is 13.3. The number of hydrogen-bond donors (Lipinski definition) is 1. The minimum absolute atomic E-state index is 0.0656. The first-order valence-corrected chi connectivity index (χ1v) is 5.99. The second kappa shape index (κ2) is 5.63. The number of hydrogen-bond acceptors (Lipinski definition) is 3. The van der Waals surface area contributed by atoms with Gasteiger partial charge in [0.15, 0.2) is 0 Å². The summed E-state index contributed by atoms with van der Waals surface area (Å²) in [6.45, 7) is 0. The van der Waals surface area contributed by atoms with Gasteiger partial charge in [0.05, 0.1) is 31.9 Å². The van der Waals surface area contributed by atoms with Gasteiger partial charge in [0.1, 0.15) is 0 Å². The van der Waals surface area contributed by atoms with Crippen LogP contribution in [0.25, 0.3) is 0 Å². The van der Waals surface area contributed by atoms with Crippen molar-refractivity contribution in [3.8, 4) is 0 Å². The maximum Gasteiger partial charge on any atom is 0.255 e. The highest BCUT2D eigenvalue weighted by molar-refractivity contribution is 6.73. The Labute approximate surface area is 122 Å². The van der Waals surface area contributed by atoms with Crippen LogP contribution in [0.4, 0.5) is 5.69 Å². The van der Waals surface area contributed by atoms with Crippen molar-refractivity contribution in [1.82, 2.24) is 0 Å². The number of nitrogens with one attached hydrogen (secondary N) is 1. The molecule has 0 bridgehead atoms. The minimum Gasteiger partial charge on any atom is -0.386 e. The third-order valence-corrected chi connectivity index (χ3v) is 3.47. The Morgan fingerprint density at radius 1 is 0.882 bits per heavy atom. The maximum absolute atomic E-state index is 11.2. The molecule has 1 aromatic rings. The predicted molar refractivity (Wildman–Crippen MR) is 71.4 cm³/mol. The molecule has 0 radical (unpaired) electrons. The molecule has 0 atom stereocenters. The van der Waals surface area contributed by atoms with Crippen LogP contribution < -0.4 is 5.32 Å². The van der Waals surface area contributed by atoms with Gasteiger partial charge in [-0.3, -0.25) is 9.59 Å². The van der Waals surface area contributed by atoms with Crippen LogP contribution in [0.5, 0.6) is 0 Å². The van der Waals surface area contributed by atoms with Crippen LogP contribution in [0.15, 0.2) is 0 Å². The molecule has 0 unspecified atom stereocenters. The highest BCUT2D eigenvalue weighted by atomic mass is 35.5. The Morgan fingerprint density at radius 3 is 1.47 bits per heavy atom. The topological polar surface area (TPSA) is 46.2 Å². The van der Waals surface area contributed by atoms with Crippen LogP contribution >= 0.6 is 58.0 Å². The molecule has 3 nitrogen and oxygen atoms in total. The second-order valence-electron chi connectivity index (χ2n) is 2.86. The third-order valence-electron chi connectivity index (χ3n) is 1.96. The van der Waals surface area contributed by atoms with Gasteiger partial charge in [-0.15, -0.1) is 0 Å². The summed E-state index contributed by atoms with van der Waals surface area (Å²) >= 11 is 28.3. The van der Waals surface area contributed by atoms with Crippen molar-refractivity contribution in [2.45, 2.75) is 0 Å². The first-order chi connectivity index (χ1) is 7.82. The lowest BCUT2D eigenvalue weighted by Crippen LogP contribution is -2.05. The SMILES string of the molecule is CNc1c(Cl)c(C(=O)Cl)c(Cl)c(C(=O)Cl)c1Cl. The fourth-order valence-electron chi connectivity index (χ4n) is 1.23. The van der Waals surface area contributed by atoms with E-state index in [9.17, 15) is 9.59 Å². The van der Waals surface area contributed by atoms with Crippen molar-refractivity contribution in [2.24, 2.45) is 0 Å². The minimum atomic E-state index is -0.910. The smallest absolute Gasteiger partial charge is 0.255 e. The average Bonchev–Trinajstić information content (AvgIpc) is 2.16. The number of benzene rings is 1. The molecule has 0 heterocycles. The number of halogens is 5. The third kappa shape index (κ3) is 2.64. The van der Waals surface area contributed by atoms with Crippen molar-refractivity contribution < 1.29 is 9.59 Å². The highest BCUT2D eigenvalue weighted by Gasteiger charge is 2.26. The molecule has 92 valence electrons. The molecule has 0 saturated heterocycles. The van der Waals surface area contributed by atoms with Crippen molar-refractivity contribution >= 4 is 74.2 Å². The first-order valence-electron chi connectivity index (χ1n) is 4.10. The average molecular weight is 335 g/mol. The molecule has 0 aliphatic rings. The zero-order valence-electron chi connectivity index (χ0n) is 8.21. The molecule has 0 aliphatic heterocycles. The van der Waals surface area contributed by atoms with E-state index in [0.29, 0.717) is 0 Å². The summed E-state index contributed by atoms with van der Waals surface area (Å²) in [5, 5.41) is 0.421. The van der Waals surface area contributed by atoms with E-state index < -0.39 is 10.5 Å². The van der Waals surface area contributed by atoms with Gasteiger partial charge in [0, 0.05) is 7.05 Å². The predicted octanol–water partition coefficient (Wildman–Crippen LogP) is 4.45. The number of rotatable bonds is 3. The number of carbonyl (C=O) groups is 2. The van der Waals surface area contributed by atoms with Gasteiger partial charge in [0.25, 0.3) is 10.5 Å². The van der Waals surface area contributed by atoms with Crippen LogP contribution in [-0.4, -0.2) is 17.5 Å². The summed E-state index contributed by atoms with van der Waals surface area (Å²) in [6.07, 6.45) is 0. The van der Waals surface area contributed by atoms with Gasteiger partial charge in [-0.05, 0) is 23.2 Å². The van der Waals surface area contributed by atoms with Crippen molar-refractivity contribution in [3.05, 3.63) is 26.2 Å². The fourth-order valence-corrected chi connectivity index (χ4v) is 3.04. The Balaban J connectivity index is 3.82. The van der Waals surface area contributed by atoms with E-state index in [1.54, 1.807) is 0 Å². The Morgan fingerprint density at radius 2 is 1.24 bits per heavy atom. The fraction of sp³-hybridized carbons (Fsp3) is 0.111. The quantitative estimate of drug-likeness (QED) is 0.830. The normalized spacial score (nSPS) is 10.2. The summed E-state index contributed by atoms with van der Waals surface area (Å²) in [4.78, 5) is 22.4. The molecule has 0 amide bonds. The van der Waals surface area contributed by atoms with E-state index >= 15 is 0 Å². The molecule has 0 aliphatic carbocycles. The summed E-state index contributed by atoms with van der Waals surface area (Å²) in [7, 11) is 1.51. The van der Waals surface area contributed by atoms with Crippen LogP contribution in [0.3, 0.4) is 0 Å². The first kappa shape index (κ1) is 14.9.